The first kappa shape index (κ1) is 15.8. The van der Waals surface area contributed by atoms with E-state index in [1.807, 2.05) is 6.07 Å². The van der Waals surface area contributed by atoms with E-state index in [2.05, 4.69) is 52.0 Å². The Morgan fingerprint density at radius 3 is 2.90 bits per heavy atom. The molecule has 1 aliphatic rings. The minimum Gasteiger partial charge on any atom is -0.496 e. The minimum atomic E-state index is 0.306. The Bertz CT molecular complexity index is 440. The number of halogens is 1. The van der Waals surface area contributed by atoms with Gasteiger partial charge < -0.3 is 14.4 Å². The van der Waals surface area contributed by atoms with Gasteiger partial charge in [-0.25, -0.2) is 0 Å². The second-order valence-electron chi connectivity index (χ2n) is 5.46. The number of rotatable bonds is 5. The lowest BCUT2D eigenvalue weighted by Gasteiger charge is -2.34. The van der Waals surface area contributed by atoms with E-state index in [0.717, 1.165) is 43.0 Å². The molecule has 5 heteroatoms. The Kier molecular flexibility index (Phi) is 5.84. The molecule has 20 heavy (non-hydrogen) atoms. The number of hydrogen-bond acceptors (Lipinski definition) is 4. The smallest absolute Gasteiger partial charge is 0.133 e. The van der Waals surface area contributed by atoms with Crippen LogP contribution in [0.25, 0.3) is 0 Å². The molecule has 1 aliphatic heterocycles. The summed E-state index contributed by atoms with van der Waals surface area (Å²) in [6, 6.07) is 6.27. The molecule has 0 unspecified atom stereocenters. The number of morpholine rings is 1. The van der Waals surface area contributed by atoms with Crippen molar-refractivity contribution < 1.29 is 9.47 Å². The Balaban J connectivity index is 1.93. The molecule has 0 aromatic heterocycles. The zero-order valence-corrected chi connectivity index (χ0v) is 14.0. The summed E-state index contributed by atoms with van der Waals surface area (Å²) in [4.78, 5) is 4.63. The monoisotopic (exact) mass is 342 g/mol. The van der Waals surface area contributed by atoms with Gasteiger partial charge in [-0.05, 0) is 47.7 Å². The Morgan fingerprint density at radius 1 is 1.45 bits per heavy atom. The van der Waals surface area contributed by atoms with E-state index in [1.165, 1.54) is 5.56 Å². The average Bonchev–Trinajstić information content (AvgIpc) is 2.38. The highest BCUT2D eigenvalue weighted by atomic mass is 79.9. The van der Waals surface area contributed by atoms with Gasteiger partial charge in [0.25, 0.3) is 0 Å². The van der Waals surface area contributed by atoms with E-state index in [1.54, 1.807) is 7.11 Å². The zero-order chi connectivity index (χ0) is 14.5. The van der Waals surface area contributed by atoms with Crippen molar-refractivity contribution in [2.24, 2.45) is 0 Å². The molecule has 0 spiro atoms. The predicted molar refractivity (Wildman–Crippen MR) is 84.3 cm³/mol. The third kappa shape index (κ3) is 4.45. The van der Waals surface area contributed by atoms with Crippen molar-refractivity contribution in [2.75, 3.05) is 47.4 Å². The van der Waals surface area contributed by atoms with E-state index >= 15 is 0 Å². The highest BCUT2D eigenvalue weighted by molar-refractivity contribution is 9.10. The molecule has 1 fully saturated rings. The Labute approximate surface area is 129 Å². The van der Waals surface area contributed by atoms with Crippen molar-refractivity contribution in [1.82, 2.24) is 9.80 Å². The molecular formula is C15H23BrN2O2. The van der Waals surface area contributed by atoms with Gasteiger partial charge in [-0.3, -0.25) is 4.90 Å². The molecule has 1 aromatic rings. The maximum Gasteiger partial charge on any atom is 0.133 e. The third-order valence-electron chi connectivity index (χ3n) is 3.41. The summed E-state index contributed by atoms with van der Waals surface area (Å²) < 4.78 is 12.1. The van der Waals surface area contributed by atoms with Crippen LogP contribution in [0.2, 0.25) is 0 Å². The molecule has 4 nitrogen and oxygen atoms in total. The van der Waals surface area contributed by atoms with Crippen LogP contribution in [0.5, 0.6) is 5.75 Å². The molecule has 1 atom stereocenters. The van der Waals surface area contributed by atoms with Crippen molar-refractivity contribution in [3.05, 3.63) is 28.2 Å². The van der Waals surface area contributed by atoms with Gasteiger partial charge in [0.15, 0.2) is 0 Å². The maximum atomic E-state index is 5.80. The number of ether oxygens (including phenoxy) is 2. The molecule has 1 aromatic carbocycles. The van der Waals surface area contributed by atoms with E-state index in [-0.39, 0.29) is 0 Å². The summed E-state index contributed by atoms with van der Waals surface area (Å²) in [6.07, 6.45) is 0.306. The van der Waals surface area contributed by atoms with Gasteiger partial charge in [0.2, 0.25) is 0 Å². The van der Waals surface area contributed by atoms with Gasteiger partial charge in [0.1, 0.15) is 5.75 Å². The van der Waals surface area contributed by atoms with Crippen molar-refractivity contribution in [2.45, 2.75) is 12.6 Å². The lowest BCUT2D eigenvalue weighted by Crippen LogP contribution is -2.45. The second kappa shape index (κ2) is 7.41. The van der Waals surface area contributed by atoms with Gasteiger partial charge in [-0.1, -0.05) is 6.07 Å². The third-order valence-corrected chi connectivity index (χ3v) is 4.03. The van der Waals surface area contributed by atoms with Crippen LogP contribution in [0.3, 0.4) is 0 Å². The number of hydrogen-bond donors (Lipinski definition) is 0. The molecule has 2 rings (SSSR count). The fourth-order valence-electron chi connectivity index (χ4n) is 2.51. The lowest BCUT2D eigenvalue weighted by molar-refractivity contribution is -0.0406. The maximum absolute atomic E-state index is 5.80. The summed E-state index contributed by atoms with van der Waals surface area (Å²) >= 11 is 3.54. The van der Waals surface area contributed by atoms with Gasteiger partial charge in [-0.15, -0.1) is 0 Å². The first-order chi connectivity index (χ1) is 9.58. The van der Waals surface area contributed by atoms with E-state index in [4.69, 9.17) is 9.47 Å². The van der Waals surface area contributed by atoms with Gasteiger partial charge in [0.05, 0.1) is 24.3 Å². The van der Waals surface area contributed by atoms with E-state index in [0.29, 0.717) is 6.10 Å². The van der Waals surface area contributed by atoms with Crippen LogP contribution in [-0.2, 0) is 11.3 Å². The predicted octanol–water partition coefficient (Wildman–Crippen LogP) is 2.22. The van der Waals surface area contributed by atoms with Gasteiger partial charge in [0, 0.05) is 26.2 Å². The normalized spacial score (nSPS) is 20.4. The standard InChI is InChI=1S/C15H23BrN2O2/c1-17(2)10-13-11-18(6-7-20-13)9-12-4-5-15(19-3)14(16)8-12/h4-5,8,13H,6-7,9-11H2,1-3H3/t13-/m1/s1. The summed E-state index contributed by atoms with van der Waals surface area (Å²) in [6.45, 7) is 4.73. The van der Waals surface area contributed by atoms with Crippen LogP contribution in [0.4, 0.5) is 0 Å². The minimum absolute atomic E-state index is 0.306. The fraction of sp³-hybridized carbons (Fsp3) is 0.600. The number of benzene rings is 1. The summed E-state index contributed by atoms with van der Waals surface area (Å²) in [5.41, 5.74) is 1.29. The van der Waals surface area contributed by atoms with Crippen LogP contribution in [0, 0.1) is 0 Å². The fourth-order valence-corrected chi connectivity index (χ4v) is 3.10. The zero-order valence-electron chi connectivity index (χ0n) is 12.4. The van der Waals surface area contributed by atoms with Crippen LogP contribution in [0.1, 0.15) is 5.56 Å². The highest BCUT2D eigenvalue weighted by Gasteiger charge is 2.21. The van der Waals surface area contributed by atoms with Crippen molar-refractivity contribution >= 4 is 15.9 Å². The van der Waals surface area contributed by atoms with Crippen LogP contribution < -0.4 is 4.74 Å². The molecule has 0 N–H and O–H groups in total. The van der Waals surface area contributed by atoms with Crippen molar-refractivity contribution in [3.63, 3.8) is 0 Å². The van der Waals surface area contributed by atoms with Gasteiger partial charge >= 0.3 is 0 Å². The molecule has 0 aliphatic carbocycles. The topological polar surface area (TPSA) is 24.9 Å². The molecule has 0 saturated carbocycles. The largest absolute Gasteiger partial charge is 0.496 e. The summed E-state index contributed by atoms with van der Waals surface area (Å²) in [7, 11) is 5.86. The number of nitrogens with zero attached hydrogens (tertiary/aromatic N) is 2. The SMILES string of the molecule is COc1ccc(CN2CCO[C@H](CN(C)C)C2)cc1Br. The lowest BCUT2D eigenvalue weighted by atomic mass is 10.1. The summed E-state index contributed by atoms with van der Waals surface area (Å²) in [5, 5.41) is 0. The Hall–Kier alpha value is -0.620. The van der Waals surface area contributed by atoms with Crippen LogP contribution in [0.15, 0.2) is 22.7 Å². The quantitative estimate of drug-likeness (QED) is 0.819. The number of likely N-dealkylation sites (N-methyl/N-ethyl adjacent to an activating group) is 1. The first-order valence-corrected chi connectivity index (χ1v) is 7.69. The van der Waals surface area contributed by atoms with E-state index in [9.17, 15) is 0 Å². The molecule has 1 saturated heterocycles. The molecule has 1 heterocycles. The van der Waals surface area contributed by atoms with E-state index < -0.39 is 0 Å². The molecule has 0 bridgehead atoms. The summed E-state index contributed by atoms with van der Waals surface area (Å²) in [5.74, 6) is 0.876. The number of methoxy groups -OCH3 is 1. The highest BCUT2D eigenvalue weighted by Crippen LogP contribution is 2.26. The molecule has 0 radical (unpaired) electrons. The van der Waals surface area contributed by atoms with Crippen molar-refractivity contribution in [3.8, 4) is 5.75 Å². The van der Waals surface area contributed by atoms with Crippen molar-refractivity contribution in [1.29, 1.82) is 0 Å². The molecule has 112 valence electrons. The Morgan fingerprint density at radius 2 is 2.25 bits per heavy atom. The van der Waals surface area contributed by atoms with Gasteiger partial charge in [-0.2, -0.15) is 0 Å². The van der Waals surface area contributed by atoms with Crippen LogP contribution in [-0.4, -0.2) is 63.4 Å². The first-order valence-electron chi connectivity index (χ1n) is 6.89. The van der Waals surface area contributed by atoms with Crippen LogP contribution >= 0.6 is 15.9 Å². The molecular weight excluding hydrogens is 320 g/mol. The second-order valence-corrected chi connectivity index (χ2v) is 6.31. The molecule has 0 amide bonds. The average molecular weight is 343 g/mol.